The average molecular weight is 613 g/mol. The number of allylic oxidation sites excluding steroid dienone is 12. The van der Waals surface area contributed by atoms with Crippen LogP contribution in [0.1, 0.15) is 149 Å². The summed E-state index contributed by atoms with van der Waals surface area (Å²) < 4.78 is 11.1. The first-order valence-corrected chi connectivity index (χ1v) is 18.0. The molecular formula is C40H68O4. The van der Waals surface area contributed by atoms with Gasteiger partial charge in [-0.25, -0.2) is 0 Å². The van der Waals surface area contributed by atoms with Gasteiger partial charge in [-0.3, -0.25) is 4.79 Å². The first-order chi connectivity index (χ1) is 21.7. The molecule has 0 amide bonds. The number of aliphatic hydroxyl groups excluding tert-OH is 1. The van der Waals surface area contributed by atoms with Gasteiger partial charge in [0.2, 0.25) is 0 Å². The molecule has 0 saturated heterocycles. The van der Waals surface area contributed by atoms with Crippen molar-refractivity contribution < 1.29 is 19.4 Å². The molecule has 0 aliphatic carbocycles. The SMILES string of the molecule is CC/C=C\C/C=C\C/C=C\C/C=C\C/C=C\C/C=C\CCCCC(=O)OC(CO)COCCCCCCCCCCCCC. The molecule has 4 heteroatoms. The van der Waals surface area contributed by atoms with E-state index in [1.807, 2.05) is 0 Å². The van der Waals surface area contributed by atoms with Crippen LogP contribution >= 0.6 is 0 Å². The quantitative estimate of drug-likeness (QED) is 0.0466. The van der Waals surface area contributed by atoms with Crippen LogP contribution in [0.3, 0.4) is 0 Å². The zero-order valence-electron chi connectivity index (χ0n) is 28.6. The van der Waals surface area contributed by atoms with Crippen LogP contribution in [-0.2, 0) is 14.3 Å². The average Bonchev–Trinajstić information content (AvgIpc) is 3.03. The van der Waals surface area contributed by atoms with E-state index in [-0.39, 0.29) is 19.2 Å². The lowest BCUT2D eigenvalue weighted by Gasteiger charge is -2.15. The number of rotatable bonds is 32. The van der Waals surface area contributed by atoms with E-state index in [9.17, 15) is 9.90 Å². The Morgan fingerprint density at radius 1 is 0.568 bits per heavy atom. The third-order valence-corrected chi connectivity index (χ3v) is 7.30. The van der Waals surface area contributed by atoms with Crippen LogP contribution in [0.2, 0.25) is 0 Å². The van der Waals surface area contributed by atoms with Crippen LogP contribution in [0.5, 0.6) is 0 Å². The summed E-state index contributed by atoms with van der Waals surface area (Å²) in [6, 6.07) is 0. The molecule has 0 aromatic heterocycles. The summed E-state index contributed by atoms with van der Waals surface area (Å²) in [5, 5.41) is 9.53. The number of aliphatic hydroxyl groups is 1. The van der Waals surface area contributed by atoms with E-state index in [0.717, 1.165) is 64.2 Å². The van der Waals surface area contributed by atoms with Gasteiger partial charge >= 0.3 is 5.97 Å². The Labute approximate surface area is 272 Å². The van der Waals surface area contributed by atoms with Crippen molar-refractivity contribution in [2.24, 2.45) is 0 Å². The minimum Gasteiger partial charge on any atom is -0.457 e. The zero-order valence-corrected chi connectivity index (χ0v) is 28.6. The van der Waals surface area contributed by atoms with Crippen molar-refractivity contribution in [1.29, 1.82) is 0 Å². The summed E-state index contributed by atoms with van der Waals surface area (Å²) in [6.07, 6.45) is 49.4. The van der Waals surface area contributed by atoms with Crippen molar-refractivity contribution in [3.05, 3.63) is 72.9 Å². The lowest BCUT2D eigenvalue weighted by molar-refractivity contribution is -0.154. The predicted molar refractivity (Wildman–Crippen MR) is 191 cm³/mol. The van der Waals surface area contributed by atoms with Crippen molar-refractivity contribution in [1.82, 2.24) is 0 Å². The van der Waals surface area contributed by atoms with Gasteiger partial charge in [0.15, 0.2) is 0 Å². The Morgan fingerprint density at radius 2 is 1.02 bits per heavy atom. The Balaban J connectivity index is 3.61. The minimum absolute atomic E-state index is 0.192. The second-order valence-electron chi connectivity index (χ2n) is 11.6. The molecule has 44 heavy (non-hydrogen) atoms. The fraction of sp³-hybridized carbons (Fsp3) is 0.675. The molecule has 1 atom stereocenters. The monoisotopic (exact) mass is 613 g/mol. The standard InChI is InChI=1S/C40H68O4/c1-3-5-7-9-11-13-15-16-17-18-19-20-21-22-23-24-25-27-29-31-33-35-40(42)44-39(37-41)38-43-36-34-32-30-28-26-14-12-10-8-6-4-2/h5,7,11,13,16-17,19-20,22-23,25,27,39,41H,3-4,6,8-10,12,14-15,18,21,24,26,28-38H2,1-2H3/b7-5-,13-11-,17-16-,20-19-,23-22-,27-25-. The topological polar surface area (TPSA) is 55.8 Å². The number of carbonyl (C=O) groups is 1. The lowest BCUT2D eigenvalue weighted by atomic mass is 10.1. The Kier molecular flexibility index (Phi) is 35.2. The molecule has 0 heterocycles. The maximum absolute atomic E-state index is 12.1. The maximum Gasteiger partial charge on any atom is 0.306 e. The molecule has 0 aromatic rings. The molecule has 1 unspecified atom stereocenters. The van der Waals surface area contributed by atoms with Crippen molar-refractivity contribution in [2.75, 3.05) is 19.8 Å². The summed E-state index contributed by atoms with van der Waals surface area (Å²) in [4.78, 5) is 12.1. The van der Waals surface area contributed by atoms with Crippen molar-refractivity contribution in [3.63, 3.8) is 0 Å². The Hall–Kier alpha value is -2.17. The van der Waals surface area contributed by atoms with Gasteiger partial charge in [0.05, 0.1) is 13.2 Å². The maximum atomic E-state index is 12.1. The van der Waals surface area contributed by atoms with E-state index < -0.39 is 6.10 Å². The molecule has 0 aromatic carbocycles. The molecule has 0 radical (unpaired) electrons. The summed E-state index contributed by atoms with van der Waals surface area (Å²) >= 11 is 0. The van der Waals surface area contributed by atoms with Gasteiger partial charge in [0.25, 0.3) is 0 Å². The molecule has 0 saturated carbocycles. The molecule has 0 aliphatic rings. The van der Waals surface area contributed by atoms with E-state index >= 15 is 0 Å². The van der Waals surface area contributed by atoms with Crippen LogP contribution in [0.4, 0.5) is 0 Å². The number of esters is 1. The fourth-order valence-electron chi connectivity index (χ4n) is 4.62. The molecule has 252 valence electrons. The largest absolute Gasteiger partial charge is 0.457 e. The van der Waals surface area contributed by atoms with E-state index in [0.29, 0.717) is 13.0 Å². The van der Waals surface area contributed by atoms with Gasteiger partial charge < -0.3 is 14.6 Å². The summed E-state index contributed by atoms with van der Waals surface area (Å²) in [5.41, 5.74) is 0. The van der Waals surface area contributed by atoms with Crippen LogP contribution in [0.15, 0.2) is 72.9 Å². The van der Waals surface area contributed by atoms with E-state index in [1.54, 1.807) is 0 Å². The number of carbonyl (C=O) groups excluding carboxylic acids is 1. The number of hydrogen-bond donors (Lipinski definition) is 1. The van der Waals surface area contributed by atoms with Gasteiger partial charge in [-0.15, -0.1) is 0 Å². The minimum atomic E-state index is -0.557. The summed E-state index contributed by atoms with van der Waals surface area (Å²) in [6.45, 7) is 5.17. The van der Waals surface area contributed by atoms with Gasteiger partial charge in [-0.1, -0.05) is 151 Å². The highest BCUT2D eigenvalue weighted by molar-refractivity contribution is 5.69. The first-order valence-electron chi connectivity index (χ1n) is 18.0. The molecule has 0 aliphatic heterocycles. The molecule has 0 spiro atoms. The van der Waals surface area contributed by atoms with Gasteiger partial charge in [-0.2, -0.15) is 0 Å². The number of unbranched alkanes of at least 4 members (excludes halogenated alkanes) is 12. The second-order valence-corrected chi connectivity index (χ2v) is 11.6. The molecule has 1 N–H and O–H groups in total. The highest BCUT2D eigenvalue weighted by atomic mass is 16.6. The fourth-order valence-corrected chi connectivity index (χ4v) is 4.62. The molecule has 0 rings (SSSR count). The van der Waals surface area contributed by atoms with Crippen LogP contribution in [0, 0.1) is 0 Å². The second kappa shape index (κ2) is 37.0. The Morgan fingerprint density at radius 3 is 1.50 bits per heavy atom. The molecule has 4 nitrogen and oxygen atoms in total. The van der Waals surface area contributed by atoms with Gasteiger partial charge in [0.1, 0.15) is 6.10 Å². The highest BCUT2D eigenvalue weighted by Gasteiger charge is 2.13. The summed E-state index contributed by atoms with van der Waals surface area (Å²) in [7, 11) is 0. The van der Waals surface area contributed by atoms with E-state index in [2.05, 4.69) is 86.8 Å². The zero-order chi connectivity index (χ0) is 32.0. The molecule has 0 fully saturated rings. The highest BCUT2D eigenvalue weighted by Crippen LogP contribution is 2.11. The predicted octanol–water partition coefficient (Wildman–Crippen LogP) is 11.5. The van der Waals surface area contributed by atoms with Crippen LogP contribution in [0.25, 0.3) is 0 Å². The van der Waals surface area contributed by atoms with Gasteiger partial charge in [-0.05, 0) is 64.2 Å². The third kappa shape index (κ3) is 34.3. The first kappa shape index (κ1) is 41.8. The van der Waals surface area contributed by atoms with Crippen LogP contribution in [-0.4, -0.2) is 37.0 Å². The molecular weight excluding hydrogens is 544 g/mol. The normalized spacial score (nSPS) is 13.2. The summed E-state index contributed by atoms with van der Waals surface area (Å²) in [5.74, 6) is -0.245. The van der Waals surface area contributed by atoms with E-state index in [1.165, 1.54) is 64.2 Å². The molecule has 0 bridgehead atoms. The van der Waals surface area contributed by atoms with Gasteiger partial charge in [0, 0.05) is 13.0 Å². The van der Waals surface area contributed by atoms with Crippen molar-refractivity contribution in [2.45, 2.75) is 155 Å². The van der Waals surface area contributed by atoms with Crippen LogP contribution < -0.4 is 0 Å². The smallest absolute Gasteiger partial charge is 0.306 e. The van der Waals surface area contributed by atoms with E-state index in [4.69, 9.17) is 9.47 Å². The number of hydrogen-bond acceptors (Lipinski definition) is 4. The third-order valence-electron chi connectivity index (χ3n) is 7.30. The lowest BCUT2D eigenvalue weighted by Crippen LogP contribution is -2.27. The Bertz CT molecular complexity index is 774. The number of ether oxygens (including phenoxy) is 2. The van der Waals surface area contributed by atoms with Crippen molar-refractivity contribution in [3.8, 4) is 0 Å². The van der Waals surface area contributed by atoms with Crippen molar-refractivity contribution >= 4 is 5.97 Å².